The molecule has 0 aliphatic rings. The van der Waals surface area contributed by atoms with E-state index in [1.165, 1.54) is 0 Å². The Kier molecular flexibility index (Phi) is 6.82. The Morgan fingerprint density at radius 2 is 2.08 bits per heavy atom. The normalized spacial score (nSPS) is 11.2. The number of Topliss-reactive ketones (excluding diaryl/α,β-unsaturated/α-hetero) is 1. The van der Waals surface area contributed by atoms with Crippen LogP contribution in [0.4, 0.5) is 0 Å². The monoisotopic (exact) mass is 187 g/mol. The lowest BCUT2D eigenvalue weighted by atomic mass is 10.2. The Morgan fingerprint density at radius 3 is 2.46 bits per heavy atom. The summed E-state index contributed by atoms with van der Waals surface area (Å²) < 4.78 is 4.79. The zero-order chi connectivity index (χ0) is 10.3. The smallest absolute Gasteiger partial charge is 0.172 e. The molecule has 0 rings (SSSR count). The maximum Gasteiger partial charge on any atom is 0.172 e. The third-order valence-electron chi connectivity index (χ3n) is 1.93. The van der Waals surface area contributed by atoms with Gasteiger partial charge in [0.05, 0.1) is 6.54 Å². The van der Waals surface area contributed by atoms with Gasteiger partial charge in [-0.3, -0.25) is 9.69 Å². The Labute approximate surface area is 81.1 Å². The highest BCUT2D eigenvalue weighted by molar-refractivity contribution is 5.81. The van der Waals surface area contributed by atoms with E-state index in [-0.39, 0.29) is 12.4 Å². The van der Waals surface area contributed by atoms with Crippen molar-refractivity contribution >= 4 is 5.78 Å². The molecule has 0 saturated carbocycles. The van der Waals surface area contributed by atoms with Crippen LogP contribution >= 0.6 is 0 Å². The SMILES string of the molecule is CCCN(CC(=O)COC)C(C)C. The third kappa shape index (κ3) is 5.77. The number of methoxy groups -OCH3 is 1. The fraction of sp³-hybridized carbons (Fsp3) is 0.900. The Balaban J connectivity index is 3.86. The van der Waals surface area contributed by atoms with E-state index >= 15 is 0 Å². The number of carbonyl (C=O) groups excluding carboxylic acids is 1. The van der Waals surface area contributed by atoms with Gasteiger partial charge in [0, 0.05) is 13.2 Å². The van der Waals surface area contributed by atoms with E-state index in [2.05, 4.69) is 25.7 Å². The number of rotatable bonds is 7. The average Bonchev–Trinajstić information content (AvgIpc) is 2.04. The quantitative estimate of drug-likeness (QED) is 0.602. The molecule has 0 unspecified atom stereocenters. The van der Waals surface area contributed by atoms with E-state index < -0.39 is 0 Å². The third-order valence-corrected chi connectivity index (χ3v) is 1.93. The van der Waals surface area contributed by atoms with Gasteiger partial charge < -0.3 is 4.74 Å². The van der Waals surface area contributed by atoms with E-state index in [9.17, 15) is 4.79 Å². The molecule has 0 aromatic carbocycles. The van der Waals surface area contributed by atoms with Crippen molar-refractivity contribution in [2.45, 2.75) is 33.2 Å². The Morgan fingerprint density at radius 1 is 1.46 bits per heavy atom. The fourth-order valence-corrected chi connectivity index (χ4v) is 1.24. The van der Waals surface area contributed by atoms with Gasteiger partial charge in [0.25, 0.3) is 0 Å². The molecule has 0 spiro atoms. The maximum absolute atomic E-state index is 11.3. The van der Waals surface area contributed by atoms with Crippen molar-refractivity contribution in [2.75, 3.05) is 26.8 Å². The predicted octanol–water partition coefficient (Wildman–Crippen LogP) is 1.32. The van der Waals surface area contributed by atoms with Crippen LogP contribution in [0.2, 0.25) is 0 Å². The lowest BCUT2D eigenvalue weighted by molar-refractivity contribution is -0.124. The van der Waals surface area contributed by atoms with Crippen LogP contribution in [0, 0.1) is 0 Å². The molecule has 13 heavy (non-hydrogen) atoms. The summed E-state index contributed by atoms with van der Waals surface area (Å²) in [6.45, 7) is 8.06. The summed E-state index contributed by atoms with van der Waals surface area (Å²) >= 11 is 0. The fourth-order valence-electron chi connectivity index (χ4n) is 1.24. The number of nitrogens with zero attached hydrogens (tertiary/aromatic N) is 1. The molecule has 0 radical (unpaired) electrons. The van der Waals surface area contributed by atoms with Gasteiger partial charge in [-0.15, -0.1) is 0 Å². The van der Waals surface area contributed by atoms with E-state index in [0.29, 0.717) is 12.6 Å². The topological polar surface area (TPSA) is 29.5 Å². The first kappa shape index (κ1) is 12.6. The van der Waals surface area contributed by atoms with Gasteiger partial charge in [-0.05, 0) is 26.8 Å². The average molecular weight is 187 g/mol. The lowest BCUT2D eigenvalue weighted by Crippen LogP contribution is -2.37. The molecular formula is C10H21NO2. The number of ether oxygens (including phenoxy) is 1. The summed E-state index contributed by atoms with van der Waals surface area (Å²) in [4.78, 5) is 13.4. The van der Waals surface area contributed by atoms with Gasteiger partial charge in [0.15, 0.2) is 5.78 Å². The minimum atomic E-state index is 0.157. The zero-order valence-corrected chi connectivity index (χ0v) is 9.17. The van der Waals surface area contributed by atoms with E-state index in [1.54, 1.807) is 7.11 Å². The van der Waals surface area contributed by atoms with Crippen molar-refractivity contribution in [3.8, 4) is 0 Å². The molecule has 78 valence electrons. The second kappa shape index (κ2) is 7.04. The van der Waals surface area contributed by atoms with Crippen LogP contribution in [0.1, 0.15) is 27.2 Å². The van der Waals surface area contributed by atoms with E-state index in [4.69, 9.17) is 4.74 Å². The molecule has 0 N–H and O–H groups in total. The van der Waals surface area contributed by atoms with Gasteiger partial charge in [0.1, 0.15) is 6.61 Å². The summed E-state index contributed by atoms with van der Waals surface area (Å²) in [6, 6.07) is 0.431. The predicted molar refractivity (Wildman–Crippen MR) is 53.9 cm³/mol. The summed E-state index contributed by atoms with van der Waals surface area (Å²) in [7, 11) is 1.55. The summed E-state index contributed by atoms with van der Waals surface area (Å²) in [5, 5.41) is 0. The highest BCUT2D eigenvalue weighted by Crippen LogP contribution is 1.99. The molecule has 0 fully saturated rings. The summed E-state index contributed by atoms with van der Waals surface area (Å²) in [6.07, 6.45) is 1.08. The maximum atomic E-state index is 11.3. The second-order valence-electron chi connectivity index (χ2n) is 3.54. The molecule has 0 aliphatic heterocycles. The molecule has 0 saturated heterocycles. The largest absolute Gasteiger partial charge is 0.377 e. The van der Waals surface area contributed by atoms with Gasteiger partial charge in [-0.25, -0.2) is 0 Å². The first-order valence-corrected chi connectivity index (χ1v) is 4.86. The van der Waals surface area contributed by atoms with Crippen molar-refractivity contribution in [3.63, 3.8) is 0 Å². The molecule has 0 amide bonds. The highest BCUT2D eigenvalue weighted by Gasteiger charge is 2.12. The highest BCUT2D eigenvalue weighted by atomic mass is 16.5. The standard InChI is InChI=1S/C10H21NO2/c1-5-6-11(9(2)3)7-10(12)8-13-4/h9H,5-8H2,1-4H3. The minimum Gasteiger partial charge on any atom is -0.377 e. The molecule has 0 aliphatic carbocycles. The lowest BCUT2D eigenvalue weighted by Gasteiger charge is -2.24. The van der Waals surface area contributed by atoms with Crippen molar-refractivity contribution < 1.29 is 9.53 Å². The van der Waals surface area contributed by atoms with Crippen molar-refractivity contribution in [1.29, 1.82) is 0 Å². The molecular weight excluding hydrogens is 166 g/mol. The van der Waals surface area contributed by atoms with Gasteiger partial charge in [0.2, 0.25) is 0 Å². The number of carbonyl (C=O) groups is 1. The first-order valence-electron chi connectivity index (χ1n) is 4.86. The summed E-state index contributed by atoms with van der Waals surface area (Å²) in [5.41, 5.74) is 0. The summed E-state index contributed by atoms with van der Waals surface area (Å²) in [5.74, 6) is 0.157. The first-order chi connectivity index (χ1) is 6.11. The van der Waals surface area contributed by atoms with Crippen LogP contribution in [0.5, 0.6) is 0 Å². The molecule has 0 atom stereocenters. The van der Waals surface area contributed by atoms with Crippen LogP contribution in [-0.2, 0) is 9.53 Å². The molecule has 3 heteroatoms. The number of hydrogen-bond acceptors (Lipinski definition) is 3. The van der Waals surface area contributed by atoms with Crippen molar-refractivity contribution in [1.82, 2.24) is 4.90 Å². The van der Waals surface area contributed by atoms with Crippen molar-refractivity contribution in [2.24, 2.45) is 0 Å². The van der Waals surface area contributed by atoms with Gasteiger partial charge in [-0.2, -0.15) is 0 Å². The van der Waals surface area contributed by atoms with E-state index in [1.807, 2.05) is 0 Å². The van der Waals surface area contributed by atoms with Crippen LogP contribution in [0.3, 0.4) is 0 Å². The molecule has 0 heterocycles. The van der Waals surface area contributed by atoms with Crippen LogP contribution < -0.4 is 0 Å². The van der Waals surface area contributed by atoms with Crippen LogP contribution in [0.25, 0.3) is 0 Å². The Bertz CT molecular complexity index is 146. The molecule has 0 aromatic heterocycles. The van der Waals surface area contributed by atoms with Crippen LogP contribution in [0.15, 0.2) is 0 Å². The van der Waals surface area contributed by atoms with E-state index in [0.717, 1.165) is 13.0 Å². The van der Waals surface area contributed by atoms with Gasteiger partial charge in [-0.1, -0.05) is 6.92 Å². The second-order valence-corrected chi connectivity index (χ2v) is 3.54. The molecule has 3 nitrogen and oxygen atoms in total. The number of ketones is 1. The minimum absolute atomic E-state index is 0.157. The van der Waals surface area contributed by atoms with Crippen LogP contribution in [-0.4, -0.2) is 43.5 Å². The number of hydrogen-bond donors (Lipinski definition) is 0. The van der Waals surface area contributed by atoms with Gasteiger partial charge >= 0.3 is 0 Å². The Hall–Kier alpha value is -0.410. The molecule has 0 bridgehead atoms. The molecule has 0 aromatic rings. The zero-order valence-electron chi connectivity index (χ0n) is 9.17. The van der Waals surface area contributed by atoms with Crippen molar-refractivity contribution in [3.05, 3.63) is 0 Å².